The molecule has 1 saturated carbocycles. The molecule has 0 saturated heterocycles. The summed E-state index contributed by atoms with van der Waals surface area (Å²) in [7, 11) is 6.29. The Labute approximate surface area is 175 Å². The summed E-state index contributed by atoms with van der Waals surface area (Å²) in [6.07, 6.45) is 4.71. The zero-order valence-corrected chi connectivity index (χ0v) is 18.3. The van der Waals surface area contributed by atoms with Crippen LogP contribution in [-0.4, -0.2) is 42.2 Å². The van der Waals surface area contributed by atoms with Crippen LogP contribution in [0, 0.1) is 6.92 Å². The first-order valence-electron chi connectivity index (χ1n) is 10.2. The van der Waals surface area contributed by atoms with Crippen molar-refractivity contribution in [3.05, 3.63) is 65.2 Å². The molecular weight excluding hydrogens is 364 g/mol. The molecule has 1 aliphatic carbocycles. The number of hydrogen-bond donors (Lipinski definition) is 0. The van der Waals surface area contributed by atoms with E-state index in [9.17, 15) is 0 Å². The van der Waals surface area contributed by atoms with Gasteiger partial charge in [-0.15, -0.1) is 0 Å². The molecular formula is C24H32N2OS. The highest BCUT2D eigenvalue weighted by Gasteiger charge is 2.26. The average molecular weight is 397 g/mol. The molecule has 3 nitrogen and oxygen atoms in total. The Morgan fingerprint density at radius 1 is 0.929 bits per heavy atom. The van der Waals surface area contributed by atoms with E-state index in [1.54, 1.807) is 0 Å². The average Bonchev–Trinajstić information content (AvgIpc) is 2.69. The topological polar surface area (TPSA) is 15.7 Å². The zero-order valence-electron chi connectivity index (χ0n) is 17.5. The van der Waals surface area contributed by atoms with Gasteiger partial charge in [-0.1, -0.05) is 42.0 Å². The largest absolute Gasteiger partial charge is 0.432 e. The van der Waals surface area contributed by atoms with Crippen molar-refractivity contribution in [2.45, 2.75) is 51.1 Å². The van der Waals surface area contributed by atoms with Gasteiger partial charge in [-0.3, -0.25) is 0 Å². The molecule has 0 bridgehead atoms. The van der Waals surface area contributed by atoms with E-state index in [1.807, 2.05) is 24.3 Å². The number of ether oxygens (including phenoxy) is 1. The summed E-state index contributed by atoms with van der Waals surface area (Å²) in [4.78, 5) is 4.35. The number of aryl methyl sites for hydroxylation is 1. The molecule has 0 atom stereocenters. The van der Waals surface area contributed by atoms with Gasteiger partial charge in [-0.2, -0.15) is 0 Å². The Bertz CT molecular complexity index is 762. The van der Waals surface area contributed by atoms with Gasteiger partial charge in [0, 0.05) is 19.6 Å². The van der Waals surface area contributed by atoms with Crippen molar-refractivity contribution < 1.29 is 4.74 Å². The highest BCUT2D eigenvalue weighted by molar-refractivity contribution is 7.80. The third kappa shape index (κ3) is 5.55. The monoisotopic (exact) mass is 396 g/mol. The molecule has 0 unspecified atom stereocenters. The second-order valence-electron chi connectivity index (χ2n) is 8.28. The Hall–Kier alpha value is -1.91. The van der Waals surface area contributed by atoms with Crippen molar-refractivity contribution in [3.63, 3.8) is 0 Å². The van der Waals surface area contributed by atoms with Gasteiger partial charge < -0.3 is 14.5 Å². The van der Waals surface area contributed by atoms with Gasteiger partial charge in [0.25, 0.3) is 5.17 Å². The van der Waals surface area contributed by atoms with Crippen molar-refractivity contribution >= 4 is 17.4 Å². The summed E-state index contributed by atoms with van der Waals surface area (Å²) in [6.45, 7) is 3.07. The quantitative estimate of drug-likeness (QED) is 0.630. The van der Waals surface area contributed by atoms with Crippen LogP contribution >= 0.6 is 12.2 Å². The van der Waals surface area contributed by atoms with Crippen LogP contribution in [0.25, 0.3) is 0 Å². The van der Waals surface area contributed by atoms with Crippen LogP contribution in [0.3, 0.4) is 0 Å². The highest BCUT2D eigenvalue weighted by atomic mass is 32.1. The maximum Gasteiger partial charge on any atom is 0.264 e. The minimum absolute atomic E-state index is 0.460. The normalized spacial score (nSPS) is 19.5. The van der Waals surface area contributed by atoms with E-state index in [1.165, 1.54) is 29.5 Å². The van der Waals surface area contributed by atoms with Crippen molar-refractivity contribution in [1.29, 1.82) is 0 Å². The first-order valence-corrected chi connectivity index (χ1v) is 10.6. The third-order valence-electron chi connectivity index (χ3n) is 5.71. The second-order valence-corrected chi connectivity index (χ2v) is 8.63. The summed E-state index contributed by atoms with van der Waals surface area (Å²) in [5.74, 6) is 1.47. The van der Waals surface area contributed by atoms with Gasteiger partial charge in [-0.25, -0.2) is 0 Å². The maximum atomic E-state index is 5.89. The van der Waals surface area contributed by atoms with Crippen molar-refractivity contribution in [1.82, 2.24) is 9.80 Å². The number of benzene rings is 2. The molecule has 0 N–H and O–H groups in total. The molecule has 0 spiro atoms. The molecule has 0 amide bonds. The number of hydrogen-bond acceptors (Lipinski definition) is 3. The van der Waals surface area contributed by atoms with E-state index < -0.39 is 0 Å². The minimum atomic E-state index is 0.460. The zero-order chi connectivity index (χ0) is 20.1. The van der Waals surface area contributed by atoms with E-state index in [-0.39, 0.29) is 0 Å². The predicted molar refractivity (Wildman–Crippen MR) is 121 cm³/mol. The molecule has 2 aromatic rings. The first-order chi connectivity index (χ1) is 13.4. The summed E-state index contributed by atoms with van der Waals surface area (Å²) < 4.78 is 5.89. The lowest BCUT2D eigenvalue weighted by atomic mass is 9.81. The van der Waals surface area contributed by atoms with Crippen LogP contribution in [0.15, 0.2) is 48.5 Å². The molecule has 2 aromatic carbocycles. The molecule has 0 heterocycles. The lowest BCUT2D eigenvalue weighted by Gasteiger charge is -2.35. The van der Waals surface area contributed by atoms with Crippen molar-refractivity contribution in [2.75, 3.05) is 21.1 Å². The summed E-state index contributed by atoms with van der Waals surface area (Å²) >= 11 is 5.54. The van der Waals surface area contributed by atoms with E-state index >= 15 is 0 Å². The molecule has 1 aliphatic rings. The van der Waals surface area contributed by atoms with Gasteiger partial charge in [0.2, 0.25) is 0 Å². The standard InChI is InChI=1S/C24H32N2OS/c1-18-5-15-23(16-6-18)27-24(28)26(4)22-13-11-21(12-14-22)20-9-7-19(8-10-20)17-25(2)3/h5-10,15-16,21-22H,11-14,17H2,1-4H3/t21-,22-. The Balaban J connectivity index is 1.51. The fourth-order valence-corrected chi connectivity index (χ4v) is 4.23. The number of rotatable bonds is 5. The Morgan fingerprint density at radius 3 is 2.11 bits per heavy atom. The van der Waals surface area contributed by atoms with E-state index in [0.717, 1.165) is 25.1 Å². The highest BCUT2D eigenvalue weighted by Crippen LogP contribution is 2.35. The van der Waals surface area contributed by atoms with Gasteiger partial charge in [0.1, 0.15) is 5.75 Å². The van der Waals surface area contributed by atoms with Gasteiger partial charge in [-0.05, 0) is 88.1 Å². The molecule has 0 aliphatic heterocycles. The van der Waals surface area contributed by atoms with E-state index in [2.05, 4.69) is 62.1 Å². The second kappa shape index (κ2) is 9.53. The van der Waals surface area contributed by atoms with Gasteiger partial charge >= 0.3 is 0 Å². The SMILES string of the molecule is Cc1ccc(OC(=S)N(C)[C@H]2CC[C@H](c3ccc(CN(C)C)cc3)CC2)cc1. The Kier molecular flexibility index (Phi) is 7.08. The van der Waals surface area contributed by atoms with E-state index in [4.69, 9.17) is 17.0 Å². The lowest BCUT2D eigenvalue weighted by molar-refractivity contribution is 0.239. The van der Waals surface area contributed by atoms with Gasteiger partial charge in [0.15, 0.2) is 0 Å². The molecule has 1 fully saturated rings. The fraction of sp³-hybridized carbons (Fsp3) is 0.458. The van der Waals surface area contributed by atoms with Crippen LogP contribution in [0.5, 0.6) is 5.75 Å². The van der Waals surface area contributed by atoms with Crippen LogP contribution in [-0.2, 0) is 6.54 Å². The smallest absolute Gasteiger partial charge is 0.264 e. The fourth-order valence-electron chi connectivity index (χ4n) is 3.99. The maximum absolute atomic E-state index is 5.89. The number of thiocarbonyl (C=S) groups is 1. The summed E-state index contributed by atoms with van der Waals surface area (Å²) in [6, 6.07) is 17.7. The summed E-state index contributed by atoms with van der Waals surface area (Å²) in [5, 5.41) is 0.570. The van der Waals surface area contributed by atoms with Crippen LogP contribution < -0.4 is 4.74 Å². The van der Waals surface area contributed by atoms with Crippen LogP contribution in [0.1, 0.15) is 48.3 Å². The number of nitrogens with zero attached hydrogens (tertiary/aromatic N) is 2. The van der Waals surface area contributed by atoms with Crippen molar-refractivity contribution in [2.24, 2.45) is 0 Å². The predicted octanol–water partition coefficient (Wildman–Crippen LogP) is 5.38. The molecule has 0 radical (unpaired) electrons. The summed E-state index contributed by atoms with van der Waals surface area (Å²) in [5.41, 5.74) is 4.07. The third-order valence-corrected chi connectivity index (χ3v) is 6.08. The van der Waals surface area contributed by atoms with Crippen LogP contribution in [0.2, 0.25) is 0 Å². The minimum Gasteiger partial charge on any atom is -0.432 e. The molecule has 3 rings (SSSR count). The van der Waals surface area contributed by atoms with Crippen molar-refractivity contribution in [3.8, 4) is 5.75 Å². The first kappa shape index (κ1) is 20.8. The molecule has 0 aromatic heterocycles. The lowest BCUT2D eigenvalue weighted by Crippen LogP contribution is -2.40. The van der Waals surface area contributed by atoms with E-state index in [0.29, 0.717) is 17.1 Å². The molecule has 28 heavy (non-hydrogen) atoms. The van der Waals surface area contributed by atoms with Gasteiger partial charge in [0.05, 0.1) is 0 Å². The van der Waals surface area contributed by atoms with Crippen LogP contribution in [0.4, 0.5) is 0 Å². The molecule has 4 heteroatoms. The Morgan fingerprint density at radius 2 is 1.54 bits per heavy atom. The molecule has 150 valence electrons.